The molecule has 4 N–H and O–H groups in total. The van der Waals surface area contributed by atoms with Crippen LogP contribution in [-0.4, -0.2) is 36.5 Å². The van der Waals surface area contributed by atoms with Crippen molar-refractivity contribution < 1.29 is 19.1 Å². The number of nitrogen functional groups attached to an aromatic ring is 1. The first kappa shape index (κ1) is 27.5. The molecule has 1 aliphatic carbocycles. The first-order valence-corrected chi connectivity index (χ1v) is 12.4. The lowest BCUT2D eigenvalue weighted by Gasteiger charge is -2.31. The summed E-state index contributed by atoms with van der Waals surface area (Å²) in [6.45, 7) is 4.75. The van der Waals surface area contributed by atoms with E-state index in [-0.39, 0.29) is 54.6 Å². The van der Waals surface area contributed by atoms with Crippen molar-refractivity contribution in [1.82, 2.24) is 5.32 Å². The van der Waals surface area contributed by atoms with Gasteiger partial charge < -0.3 is 20.5 Å². The molecule has 194 valence electrons. The van der Waals surface area contributed by atoms with Crippen LogP contribution in [0, 0.1) is 23.2 Å². The summed E-state index contributed by atoms with van der Waals surface area (Å²) in [5.41, 5.74) is 8.26. The van der Waals surface area contributed by atoms with Gasteiger partial charge in [0.1, 0.15) is 24.3 Å². The number of halogens is 1. The Balaban J connectivity index is 0.00000361. The number of ether oxygens (including phenoxy) is 2. The van der Waals surface area contributed by atoms with E-state index < -0.39 is 0 Å². The van der Waals surface area contributed by atoms with Crippen molar-refractivity contribution in [2.24, 2.45) is 23.5 Å². The van der Waals surface area contributed by atoms with Crippen LogP contribution in [0.2, 0.25) is 0 Å². The molecule has 2 unspecified atom stereocenters. The Morgan fingerprint density at radius 3 is 2.14 bits per heavy atom. The third-order valence-electron chi connectivity index (χ3n) is 6.97. The molecule has 36 heavy (non-hydrogen) atoms. The van der Waals surface area contributed by atoms with Gasteiger partial charge in [-0.25, -0.2) is 0 Å². The maximum atomic E-state index is 12.5. The van der Waals surface area contributed by atoms with E-state index in [0.29, 0.717) is 36.2 Å². The van der Waals surface area contributed by atoms with E-state index in [0.717, 1.165) is 24.0 Å². The predicted octanol–water partition coefficient (Wildman–Crippen LogP) is 4.70. The second kappa shape index (κ2) is 12.3. The van der Waals surface area contributed by atoms with Crippen LogP contribution in [0.25, 0.3) is 11.1 Å². The number of carbonyl (C=O) groups is 2. The predicted molar refractivity (Wildman–Crippen MR) is 142 cm³/mol. The normalized spacial score (nSPS) is 25.4. The molecule has 1 heterocycles. The monoisotopic (exact) mass is 513 g/mol. The highest BCUT2D eigenvalue weighted by atomic mass is 35.5. The summed E-state index contributed by atoms with van der Waals surface area (Å²) in [5, 5.41) is 10.4. The maximum Gasteiger partial charge on any atom is 0.306 e. The van der Waals surface area contributed by atoms with Gasteiger partial charge in [0, 0.05) is 5.56 Å². The molecule has 0 radical (unpaired) electrons. The highest BCUT2D eigenvalue weighted by Gasteiger charge is 2.35. The van der Waals surface area contributed by atoms with Crippen LogP contribution in [0.3, 0.4) is 0 Å². The Morgan fingerprint density at radius 2 is 1.56 bits per heavy atom. The molecule has 4 rings (SSSR count). The number of amides is 1. The van der Waals surface area contributed by atoms with Crippen molar-refractivity contribution in [3.8, 4) is 16.9 Å². The number of carbonyl (C=O) groups excluding carboxylic acids is 2. The van der Waals surface area contributed by atoms with E-state index in [2.05, 4.69) is 19.2 Å². The summed E-state index contributed by atoms with van der Waals surface area (Å²) < 4.78 is 11.6. The molecule has 2 fully saturated rings. The number of hydrogen-bond donors (Lipinski definition) is 3. The van der Waals surface area contributed by atoms with Gasteiger partial charge in [-0.2, -0.15) is 0 Å². The number of amidine groups is 1. The van der Waals surface area contributed by atoms with Gasteiger partial charge in [-0.1, -0.05) is 50.2 Å². The minimum atomic E-state index is -0.366. The number of nitrogens with two attached hydrogens (primary N) is 1. The molecule has 0 spiro atoms. The average molecular weight is 514 g/mol. The Bertz CT molecular complexity index is 1050. The lowest BCUT2D eigenvalue weighted by atomic mass is 9.82. The van der Waals surface area contributed by atoms with Gasteiger partial charge in [-0.05, 0) is 60.8 Å². The summed E-state index contributed by atoms with van der Waals surface area (Å²) in [6.07, 6.45) is 3.65. The Hall–Kier alpha value is -3.06. The van der Waals surface area contributed by atoms with Gasteiger partial charge in [-0.3, -0.25) is 15.0 Å². The first-order chi connectivity index (χ1) is 16.8. The standard InChI is InChI=1S/C28H35N3O4.ClH/c1-17-11-18(2)13-25(12-17)35-26(32)15-22-14-23(31-28(22)33)16-34-24-9-7-20(8-10-24)19-3-5-21(6-4-19)27(29)30;/h3-10,17-18,22-23,25H,11-16H2,1-2H3,(H3,29,30)(H,31,33);1H/t17?,18?,22-,23-,25?;/m0./s1. The number of benzene rings is 2. The Labute approximate surface area is 219 Å². The summed E-state index contributed by atoms with van der Waals surface area (Å²) in [4.78, 5) is 24.9. The van der Waals surface area contributed by atoms with Crippen molar-refractivity contribution in [3.05, 3.63) is 54.1 Å². The van der Waals surface area contributed by atoms with Crippen LogP contribution in [0.5, 0.6) is 5.75 Å². The molecule has 0 bridgehead atoms. The number of esters is 1. The fourth-order valence-corrected chi connectivity index (χ4v) is 5.30. The number of nitrogens with one attached hydrogen (secondary N) is 2. The molecule has 2 aliphatic rings. The molecule has 1 aliphatic heterocycles. The molecule has 2 aromatic rings. The van der Waals surface area contributed by atoms with E-state index in [9.17, 15) is 9.59 Å². The quantitative estimate of drug-likeness (QED) is 0.269. The molecular weight excluding hydrogens is 478 g/mol. The molecule has 7 nitrogen and oxygen atoms in total. The van der Waals surface area contributed by atoms with Crippen LogP contribution < -0.4 is 15.8 Å². The van der Waals surface area contributed by atoms with Gasteiger partial charge in [-0.15, -0.1) is 12.4 Å². The summed E-state index contributed by atoms with van der Waals surface area (Å²) in [5.74, 6) is 1.15. The van der Waals surface area contributed by atoms with Crippen LogP contribution in [0.15, 0.2) is 48.5 Å². The SMILES string of the molecule is CC1CC(C)CC(OC(=O)C[C@@H]2C[C@@H](COc3ccc(-c4ccc(C(=N)N)cc4)cc3)NC2=O)C1.Cl. The van der Waals surface area contributed by atoms with Gasteiger partial charge in [0.05, 0.1) is 18.4 Å². The molecule has 1 saturated carbocycles. The molecule has 1 amide bonds. The molecule has 0 aromatic heterocycles. The van der Waals surface area contributed by atoms with Gasteiger partial charge in [0.15, 0.2) is 0 Å². The topological polar surface area (TPSA) is 114 Å². The smallest absolute Gasteiger partial charge is 0.306 e. The van der Waals surface area contributed by atoms with Gasteiger partial charge >= 0.3 is 5.97 Å². The fraction of sp³-hybridized carbons (Fsp3) is 0.464. The highest BCUT2D eigenvalue weighted by molar-refractivity contribution is 5.95. The second-order valence-corrected chi connectivity index (χ2v) is 10.2. The third-order valence-corrected chi connectivity index (χ3v) is 6.97. The van der Waals surface area contributed by atoms with Gasteiger partial charge in [0.2, 0.25) is 5.91 Å². The van der Waals surface area contributed by atoms with Gasteiger partial charge in [0.25, 0.3) is 0 Å². The van der Waals surface area contributed by atoms with Crippen LogP contribution >= 0.6 is 12.4 Å². The highest BCUT2D eigenvalue weighted by Crippen LogP contribution is 2.31. The third kappa shape index (κ3) is 7.23. The van der Waals surface area contributed by atoms with Crippen LogP contribution in [0.1, 0.15) is 51.5 Å². The zero-order valence-corrected chi connectivity index (χ0v) is 21.7. The molecule has 8 heteroatoms. The van der Waals surface area contributed by atoms with Crippen molar-refractivity contribution in [3.63, 3.8) is 0 Å². The zero-order valence-electron chi connectivity index (χ0n) is 20.9. The van der Waals surface area contributed by atoms with Crippen molar-refractivity contribution >= 4 is 30.1 Å². The first-order valence-electron chi connectivity index (χ1n) is 12.4. The van der Waals surface area contributed by atoms with Crippen LogP contribution in [-0.2, 0) is 14.3 Å². The molecular formula is C28H36ClN3O4. The van der Waals surface area contributed by atoms with Crippen molar-refractivity contribution in [1.29, 1.82) is 5.41 Å². The van der Waals surface area contributed by atoms with E-state index in [4.69, 9.17) is 20.6 Å². The second-order valence-electron chi connectivity index (χ2n) is 10.2. The number of hydrogen-bond acceptors (Lipinski definition) is 5. The van der Waals surface area contributed by atoms with Crippen LogP contribution in [0.4, 0.5) is 0 Å². The minimum absolute atomic E-state index is 0. The molecule has 4 atom stereocenters. The lowest BCUT2D eigenvalue weighted by molar-refractivity contribution is -0.154. The Kier molecular flexibility index (Phi) is 9.37. The Morgan fingerprint density at radius 1 is 0.972 bits per heavy atom. The maximum absolute atomic E-state index is 12.5. The average Bonchev–Trinajstić information content (AvgIpc) is 3.16. The number of rotatable bonds is 8. The van der Waals surface area contributed by atoms with Crippen molar-refractivity contribution in [2.45, 2.75) is 58.1 Å². The largest absolute Gasteiger partial charge is 0.491 e. The summed E-state index contributed by atoms with van der Waals surface area (Å²) in [6, 6.07) is 15.1. The molecule has 2 aromatic carbocycles. The van der Waals surface area contributed by atoms with Crippen molar-refractivity contribution in [2.75, 3.05) is 6.61 Å². The summed E-state index contributed by atoms with van der Waals surface area (Å²) in [7, 11) is 0. The lowest BCUT2D eigenvalue weighted by Crippen LogP contribution is -2.32. The summed E-state index contributed by atoms with van der Waals surface area (Å²) >= 11 is 0. The molecule has 1 saturated heterocycles. The minimum Gasteiger partial charge on any atom is -0.491 e. The van der Waals surface area contributed by atoms with E-state index >= 15 is 0 Å². The van der Waals surface area contributed by atoms with E-state index in [1.165, 1.54) is 6.42 Å². The van der Waals surface area contributed by atoms with E-state index in [1.807, 2.05) is 48.5 Å². The van der Waals surface area contributed by atoms with E-state index in [1.54, 1.807) is 0 Å². The zero-order chi connectivity index (χ0) is 24.9. The fourth-order valence-electron chi connectivity index (χ4n) is 5.30.